The Morgan fingerprint density at radius 3 is 3.00 bits per heavy atom. The van der Waals surface area contributed by atoms with Gasteiger partial charge in [0.05, 0.1) is 6.04 Å². The average molecular weight is 233 g/mol. The van der Waals surface area contributed by atoms with Gasteiger partial charge in [0.25, 0.3) is 0 Å². The molecule has 0 aliphatic rings. The monoisotopic (exact) mass is 233 g/mol. The average Bonchev–Trinajstić information content (AvgIpc) is 2.82. The van der Waals surface area contributed by atoms with Crippen LogP contribution >= 0.6 is 0 Å². The van der Waals surface area contributed by atoms with Crippen molar-refractivity contribution in [2.24, 2.45) is 0 Å². The van der Waals surface area contributed by atoms with Crippen molar-refractivity contribution in [2.45, 2.75) is 13.0 Å². The molecule has 1 aromatic heterocycles. The highest BCUT2D eigenvalue weighted by Gasteiger charge is 2.10. The van der Waals surface area contributed by atoms with Gasteiger partial charge in [-0.15, -0.1) is 0 Å². The van der Waals surface area contributed by atoms with Crippen LogP contribution in [0.4, 0.5) is 9.18 Å². The van der Waals surface area contributed by atoms with Crippen LogP contribution in [0.1, 0.15) is 18.5 Å². The van der Waals surface area contributed by atoms with Gasteiger partial charge in [0, 0.05) is 12.4 Å². The highest BCUT2D eigenvalue weighted by Crippen LogP contribution is 2.13. The number of benzene rings is 1. The summed E-state index contributed by atoms with van der Waals surface area (Å²) in [6, 6.07) is 5.60. The van der Waals surface area contributed by atoms with Gasteiger partial charge >= 0.3 is 6.03 Å². The molecular weight excluding hydrogens is 221 g/mol. The first-order valence-corrected chi connectivity index (χ1v) is 5.21. The Balaban J connectivity index is 2.07. The molecule has 1 heterocycles. The standard InChI is InChI=1S/C12H12FN3O/c1-9(10-3-2-4-11(13)7-10)15-12(17)16-6-5-14-8-16/h2-9H,1H3,(H,15,17). The Morgan fingerprint density at radius 2 is 2.35 bits per heavy atom. The number of aromatic nitrogens is 2. The third kappa shape index (κ3) is 2.69. The maximum absolute atomic E-state index is 13.0. The van der Waals surface area contributed by atoms with E-state index in [0.29, 0.717) is 0 Å². The highest BCUT2D eigenvalue weighted by atomic mass is 19.1. The number of carbonyl (C=O) groups is 1. The van der Waals surface area contributed by atoms with Crippen molar-refractivity contribution < 1.29 is 9.18 Å². The van der Waals surface area contributed by atoms with Crippen LogP contribution in [-0.2, 0) is 0 Å². The molecule has 0 aliphatic carbocycles. The van der Waals surface area contributed by atoms with E-state index in [-0.39, 0.29) is 17.9 Å². The van der Waals surface area contributed by atoms with Crippen molar-refractivity contribution >= 4 is 6.03 Å². The number of imidazole rings is 1. The fraction of sp³-hybridized carbons (Fsp3) is 0.167. The van der Waals surface area contributed by atoms with Crippen molar-refractivity contribution in [3.8, 4) is 0 Å². The van der Waals surface area contributed by atoms with Crippen LogP contribution in [0.15, 0.2) is 43.0 Å². The molecule has 0 saturated heterocycles. The number of hydrogen-bond acceptors (Lipinski definition) is 2. The van der Waals surface area contributed by atoms with Gasteiger partial charge in [0.1, 0.15) is 12.1 Å². The SMILES string of the molecule is CC(NC(=O)n1ccnc1)c1cccc(F)c1. The third-order valence-electron chi connectivity index (χ3n) is 2.43. The molecule has 1 aromatic carbocycles. The van der Waals surface area contributed by atoms with Crippen molar-refractivity contribution in [1.29, 1.82) is 0 Å². The summed E-state index contributed by atoms with van der Waals surface area (Å²) in [7, 11) is 0. The van der Waals surface area contributed by atoms with Gasteiger partial charge in [-0.2, -0.15) is 0 Å². The number of amides is 1. The molecule has 0 aliphatic heterocycles. The Hall–Kier alpha value is -2.17. The Labute approximate surface area is 98.1 Å². The molecular formula is C12H12FN3O. The summed E-state index contributed by atoms with van der Waals surface area (Å²) in [5.74, 6) is -0.314. The van der Waals surface area contributed by atoms with E-state index in [0.717, 1.165) is 5.56 Å². The van der Waals surface area contributed by atoms with Crippen LogP contribution < -0.4 is 5.32 Å². The second-order valence-electron chi connectivity index (χ2n) is 3.70. The Bertz CT molecular complexity index is 510. The molecule has 0 radical (unpaired) electrons. The number of halogens is 1. The first-order valence-electron chi connectivity index (χ1n) is 5.21. The second kappa shape index (κ2) is 4.78. The van der Waals surface area contributed by atoms with Crippen LogP contribution in [0, 0.1) is 5.82 Å². The molecule has 88 valence electrons. The van der Waals surface area contributed by atoms with Gasteiger partial charge < -0.3 is 5.32 Å². The molecule has 1 atom stereocenters. The lowest BCUT2D eigenvalue weighted by Crippen LogP contribution is -2.30. The number of carbonyl (C=O) groups excluding carboxylic acids is 1. The Morgan fingerprint density at radius 1 is 1.53 bits per heavy atom. The fourth-order valence-corrected chi connectivity index (χ4v) is 1.50. The van der Waals surface area contributed by atoms with Crippen LogP contribution in [0.2, 0.25) is 0 Å². The van der Waals surface area contributed by atoms with Crippen LogP contribution in [-0.4, -0.2) is 15.6 Å². The van der Waals surface area contributed by atoms with Crippen LogP contribution in [0.25, 0.3) is 0 Å². The van der Waals surface area contributed by atoms with E-state index >= 15 is 0 Å². The summed E-state index contributed by atoms with van der Waals surface area (Å²) in [5, 5.41) is 2.74. The lowest BCUT2D eigenvalue weighted by Gasteiger charge is -2.14. The second-order valence-corrected chi connectivity index (χ2v) is 3.70. The van der Waals surface area contributed by atoms with Gasteiger partial charge in [-0.05, 0) is 24.6 Å². The third-order valence-corrected chi connectivity index (χ3v) is 2.43. The van der Waals surface area contributed by atoms with Gasteiger partial charge in [-0.25, -0.2) is 14.2 Å². The highest BCUT2D eigenvalue weighted by molar-refractivity contribution is 5.76. The molecule has 2 rings (SSSR count). The summed E-state index contributed by atoms with van der Waals surface area (Å²) in [4.78, 5) is 15.5. The molecule has 0 spiro atoms. The summed E-state index contributed by atoms with van der Waals surface area (Å²) in [5.41, 5.74) is 0.721. The van der Waals surface area contributed by atoms with Crippen LogP contribution in [0.5, 0.6) is 0 Å². The molecule has 1 N–H and O–H groups in total. The predicted molar refractivity (Wildman–Crippen MR) is 61.0 cm³/mol. The van der Waals surface area contributed by atoms with Crippen molar-refractivity contribution in [1.82, 2.24) is 14.9 Å². The topological polar surface area (TPSA) is 46.9 Å². The molecule has 0 saturated carbocycles. The largest absolute Gasteiger partial charge is 0.331 e. The molecule has 1 amide bonds. The van der Waals surface area contributed by atoms with Gasteiger partial charge in [-0.1, -0.05) is 12.1 Å². The first-order chi connectivity index (χ1) is 8.16. The number of rotatable bonds is 2. The summed E-state index contributed by atoms with van der Waals surface area (Å²) in [6.07, 6.45) is 4.48. The van der Waals surface area contributed by atoms with E-state index in [4.69, 9.17) is 0 Å². The van der Waals surface area contributed by atoms with E-state index in [1.165, 1.54) is 29.2 Å². The number of nitrogens with zero attached hydrogens (tertiary/aromatic N) is 2. The zero-order valence-electron chi connectivity index (χ0n) is 9.30. The minimum atomic E-state index is -0.314. The quantitative estimate of drug-likeness (QED) is 0.865. The number of nitrogens with one attached hydrogen (secondary N) is 1. The fourth-order valence-electron chi connectivity index (χ4n) is 1.50. The summed E-state index contributed by atoms with van der Waals surface area (Å²) in [6.45, 7) is 1.80. The first kappa shape index (κ1) is 11.3. The van der Waals surface area contributed by atoms with E-state index in [1.807, 2.05) is 0 Å². The molecule has 1 unspecified atom stereocenters. The van der Waals surface area contributed by atoms with Crippen molar-refractivity contribution in [3.05, 3.63) is 54.4 Å². The van der Waals surface area contributed by atoms with Crippen molar-refractivity contribution in [2.75, 3.05) is 0 Å². The van der Waals surface area contributed by atoms with E-state index in [9.17, 15) is 9.18 Å². The van der Waals surface area contributed by atoms with E-state index < -0.39 is 0 Å². The molecule has 0 fully saturated rings. The maximum atomic E-state index is 13.0. The van der Waals surface area contributed by atoms with Crippen molar-refractivity contribution in [3.63, 3.8) is 0 Å². The lowest BCUT2D eigenvalue weighted by molar-refractivity contribution is 0.239. The van der Waals surface area contributed by atoms with Crippen LogP contribution in [0.3, 0.4) is 0 Å². The zero-order valence-corrected chi connectivity index (χ0v) is 9.30. The summed E-state index contributed by atoms with van der Waals surface area (Å²) >= 11 is 0. The molecule has 2 aromatic rings. The molecule has 0 bridgehead atoms. The number of hydrogen-bond donors (Lipinski definition) is 1. The smallest absolute Gasteiger partial charge is 0.327 e. The minimum Gasteiger partial charge on any atom is -0.331 e. The molecule has 5 heteroatoms. The minimum absolute atomic E-state index is 0.263. The summed E-state index contributed by atoms with van der Waals surface area (Å²) < 4.78 is 14.3. The normalized spacial score (nSPS) is 12.1. The van der Waals surface area contributed by atoms with E-state index in [2.05, 4.69) is 10.3 Å². The van der Waals surface area contributed by atoms with E-state index in [1.54, 1.807) is 25.3 Å². The predicted octanol–water partition coefficient (Wildman–Crippen LogP) is 2.34. The Kier molecular flexibility index (Phi) is 3.18. The maximum Gasteiger partial charge on any atom is 0.327 e. The van der Waals surface area contributed by atoms with Gasteiger partial charge in [0.15, 0.2) is 0 Å². The van der Waals surface area contributed by atoms with Gasteiger partial charge in [0.2, 0.25) is 0 Å². The molecule has 17 heavy (non-hydrogen) atoms. The van der Waals surface area contributed by atoms with Gasteiger partial charge in [-0.3, -0.25) is 4.57 Å². The lowest BCUT2D eigenvalue weighted by atomic mass is 10.1. The zero-order chi connectivity index (χ0) is 12.3. The molecule has 4 nitrogen and oxygen atoms in total.